The van der Waals surface area contributed by atoms with Gasteiger partial charge in [0.25, 0.3) is 20.0 Å². The molecule has 5 rings (SSSR count). The second-order valence-corrected chi connectivity index (χ2v) is 13.2. The molecule has 14 heteroatoms. The molecule has 1 aromatic heterocycles. The van der Waals surface area contributed by atoms with E-state index in [0.29, 0.717) is 66.4 Å². The Morgan fingerprint density at radius 2 is 1.33 bits per heavy atom. The first kappa shape index (κ1) is 27.5. The Hall–Kier alpha value is -3.07. The molecule has 3 aromatic rings. The van der Waals surface area contributed by atoms with Crippen molar-refractivity contribution in [2.45, 2.75) is 28.8 Å². The molecule has 0 unspecified atom stereocenters. The van der Waals surface area contributed by atoms with E-state index in [1.165, 1.54) is 42.7 Å². The fraction of sp³-hybridized carbons (Fsp3) is 0.360. The third kappa shape index (κ3) is 5.51. The zero-order chi connectivity index (χ0) is 27.8. The number of hydrogen-bond acceptors (Lipinski definition) is 8. The Morgan fingerprint density at radius 1 is 0.744 bits per heavy atom. The van der Waals surface area contributed by atoms with Crippen molar-refractivity contribution in [2.75, 3.05) is 44.2 Å². The maximum Gasteiger partial charge on any atom is 0.416 e. The van der Waals surface area contributed by atoms with Gasteiger partial charge >= 0.3 is 6.18 Å². The molecule has 39 heavy (non-hydrogen) atoms. The topological polar surface area (TPSA) is 104 Å². The van der Waals surface area contributed by atoms with E-state index in [4.69, 9.17) is 0 Å². The number of aromatic nitrogens is 2. The van der Waals surface area contributed by atoms with Crippen molar-refractivity contribution >= 4 is 26.0 Å². The molecule has 0 bridgehead atoms. The van der Waals surface area contributed by atoms with E-state index < -0.39 is 31.8 Å². The number of alkyl halides is 3. The summed E-state index contributed by atoms with van der Waals surface area (Å²) in [7, 11) is -8.13. The first-order chi connectivity index (χ1) is 18.5. The average Bonchev–Trinajstić information content (AvgIpc) is 3.08. The standard InChI is InChI=1S/C25H26F3N5O4S2/c26-25(27,28)21-7-5-6-19(16-21)20-17-29-24(30-18-20)32-14-12-31(13-15-32)10-3-4-11-33-38(34,35)22-8-1-2-9-23(22)39(33,36)37/h1-2,5-9,16-18H,3-4,10-15H2. The van der Waals surface area contributed by atoms with Gasteiger partial charge in [-0.15, -0.1) is 0 Å². The Bertz CT molecular complexity index is 1500. The molecule has 0 amide bonds. The largest absolute Gasteiger partial charge is 0.416 e. The maximum atomic E-state index is 13.0. The van der Waals surface area contributed by atoms with E-state index >= 15 is 0 Å². The Kier molecular flexibility index (Phi) is 7.39. The molecule has 0 radical (unpaired) electrons. The third-order valence-corrected chi connectivity index (χ3v) is 11.4. The third-order valence-electron chi connectivity index (χ3n) is 6.82. The van der Waals surface area contributed by atoms with Gasteiger partial charge in [0, 0.05) is 50.7 Å². The van der Waals surface area contributed by atoms with Crippen molar-refractivity contribution in [3.05, 3.63) is 66.5 Å². The van der Waals surface area contributed by atoms with Crippen molar-refractivity contribution in [1.82, 2.24) is 18.6 Å². The lowest BCUT2D eigenvalue weighted by Gasteiger charge is -2.34. The number of halogens is 3. The lowest BCUT2D eigenvalue weighted by Crippen LogP contribution is -2.47. The Labute approximate surface area is 225 Å². The molecule has 0 aliphatic carbocycles. The maximum absolute atomic E-state index is 13.0. The fourth-order valence-corrected chi connectivity index (χ4v) is 9.19. The van der Waals surface area contributed by atoms with Gasteiger partial charge in [-0.1, -0.05) is 28.0 Å². The molecule has 0 saturated carbocycles. The summed E-state index contributed by atoms with van der Waals surface area (Å²) in [6, 6.07) is 10.7. The van der Waals surface area contributed by atoms with Crippen LogP contribution in [0, 0.1) is 0 Å². The summed E-state index contributed by atoms with van der Waals surface area (Å²) in [5, 5.41) is 0. The molecule has 0 N–H and O–H groups in total. The smallest absolute Gasteiger partial charge is 0.338 e. The molecule has 9 nitrogen and oxygen atoms in total. The predicted octanol–water partition coefficient (Wildman–Crippen LogP) is 3.46. The highest BCUT2D eigenvalue weighted by Gasteiger charge is 2.46. The average molecular weight is 582 g/mol. The number of sulfonamides is 2. The van der Waals surface area contributed by atoms with E-state index in [2.05, 4.69) is 14.9 Å². The van der Waals surface area contributed by atoms with Crippen LogP contribution >= 0.6 is 0 Å². The van der Waals surface area contributed by atoms with Crippen LogP contribution in [0.5, 0.6) is 0 Å². The van der Waals surface area contributed by atoms with Gasteiger partial charge in [-0.05, 0) is 49.2 Å². The van der Waals surface area contributed by atoms with Crippen LogP contribution < -0.4 is 4.90 Å². The van der Waals surface area contributed by atoms with Crippen molar-refractivity contribution in [2.24, 2.45) is 0 Å². The molecule has 0 spiro atoms. The molecule has 0 atom stereocenters. The minimum absolute atomic E-state index is 0.106. The van der Waals surface area contributed by atoms with Crippen LogP contribution in [0.15, 0.2) is 70.7 Å². The SMILES string of the molecule is O=S1(=O)c2ccccc2S(=O)(=O)N1CCCCN1CCN(c2ncc(-c3cccc(C(F)(F)F)c3)cn2)CC1. The highest BCUT2D eigenvalue weighted by atomic mass is 32.3. The normalized spacial score (nSPS) is 19.2. The number of anilines is 1. The minimum Gasteiger partial charge on any atom is -0.338 e. The van der Waals surface area contributed by atoms with Gasteiger partial charge < -0.3 is 4.90 Å². The van der Waals surface area contributed by atoms with E-state index in [1.807, 2.05) is 4.90 Å². The lowest BCUT2D eigenvalue weighted by atomic mass is 10.1. The summed E-state index contributed by atoms with van der Waals surface area (Å²) in [6.07, 6.45) is -0.370. The van der Waals surface area contributed by atoms with Crippen molar-refractivity contribution in [1.29, 1.82) is 0 Å². The zero-order valence-corrected chi connectivity index (χ0v) is 22.4. The van der Waals surface area contributed by atoms with Crippen LogP contribution in [-0.4, -0.2) is 74.7 Å². The molecule has 1 fully saturated rings. The second kappa shape index (κ2) is 10.5. The first-order valence-electron chi connectivity index (χ1n) is 12.3. The highest BCUT2D eigenvalue weighted by Crippen LogP contribution is 2.36. The lowest BCUT2D eigenvalue weighted by molar-refractivity contribution is -0.137. The molecule has 2 aliphatic heterocycles. The number of unbranched alkanes of at least 4 members (excludes halogenated alkanes) is 1. The van der Waals surface area contributed by atoms with Crippen LogP contribution in [0.4, 0.5) is 19.1 Å². The molecule has 2 aromatic carbocycles. The number of piperazine rings is 1. The van der Waals surface area contributed by atoms with Gasteiger partial charge in [0.05, 0.1) is 5.56 Å². The van der Waals surface area contributed by atoms with Crippen LogP contribution in [0.1, 0.15) is 18.4 Å². The fourth-order valence-electron chi connectivity index (χ4n) is 4.72. The molecular weight excluding hydrogens is 555 g/mol. The summed E-state index contributed by atoms with van der Waals surface area (Å²) >= 11 is 0. The molecule has 3 heterocycles. The van der Waals surface area contributed by atoms with Crippen LogP contribution in [-0.2, 0) is 26.2 Å². The van der Waals surface area contributed by atoms with Gasteiger partial charge in [0.15, 0.2) is 0 Å². The number of fused-ring (bicyclic) bond motifs is 1. The zero-order valence-electron chi connectivity index (χ0n) is 20.7. The summed E-state index contributed by atoms with van der Waals surface area (Å²) in [5.74, 6) is 0.495. The van der Waals surface area contributed by atoms with Gasteiger partial charge in [-0.3, -0.25) is 4.90 Å². The van der Waals surface area contributed by atoms with E-state index in [9.17, 15) is 30.0 Å². The summed E-state index contributed by atoms with van der Waals surface area (Å²) in [6.45, 7) is 3.30. The highest BCUT2D eigenvalue weighted by molar-refractivity contribution is 8.06. The quantitative estimate of drug-likeness (QED) is 0.391. The first-order valence-corrected chi connectivity index (χ1v) is 15.2. The molecule has 2 aliphatic rings. The van der Waals surface area contributed by atoms with Gasteiger partial charge in [0.2, 0.25) is 5.95 Å². The summed E-state index contributed by atoms with van der Waals surface area (Å²) < 4.78 is 90.4. The Morgan fingerprint density at radius 3 is 1.92 bits per heavy atom. The van der Waals surface area contributed by atoms with Crippen molar-refractivity contribution < 1.29 is 30.0 Å². The summed E-state index contributed by atoms with van der Waals surface area (Å²) in [5.41, 5.74) is 0.155. The van der Waals surface area contributed by atoms with Crippen LogP contribution in [0.25, 0.3) is 11.1 Å². The van der Waals surface area contributed by atoms with Crippen LogP contribution in [0.3, 0.4) is 0 Å². The second-order valence-electron chi connectivity index (χ2n) is 9.34. The van der Waals surface area contributed by atoms with E-state index in [1.54, 1.807) is 6.07 Å². The molecule has 208 valence electrons. The number of nitrogens with zero attached hydrogens (tertiary/aromatic N) is 5. The van der Waals surface area contributed by atoms with Crippen molar-refractivity contribution in [3.63, 3.8) is 0 Å². The minimum atomic E-state index is -4.42. The van der Waals surface area contributed by atoms with Crippen LogP contribution in [0.2, 0.25) is 0 Å². The van der Waals surface area contributed by atoms with E-state index in [0.717, 1.165) is 12.1 Å². The Balaban J connectivity index is 1.10. The number of hydrogen-bond donors (Lipinski definition) is 0. The number of rotatable bonds is 7. The molecular formula is C25H26F3N5O4S2. The van der Waals surface area contributed by atoms with Gasteiger partial charge in [-0.2, -0.15) is 13.2 Å². The van der Waals surface area contributed by atoms with Gasteiger partial charge in [0.1, 0.15) is 9.79 Å². The summed E-state index contributed by atoms with van der Waals surface area (Å²) in [4.78, 5) is 12.6. The van der Waals surface area contributed by atoms with Gasteiger partial charge in [-0.25, -0.2) is 26.8 Å². The number of benzene rings is 2. The predicted molar refractivity (Wildman–Crippen MR) is 138 cm³/mol. The monoisotopic (exact) mass is 581 g/mol. The van der Waals surface area contributed by atoms with E-state index in [-0.39, 0.29) is 16.3 Å². The van der Waals surface area contributed by atoms with Crippen molar-refractivity contribution in [3.8, 4) is 11.1 Å². The molecule has 1 saturated heterocycles.